The molecule has 0 saturated carbocycles. The SMILES string of the molecule is Cc1cc(Oc2ccc(C(N)=S)cn2)ccc1C(C)C. The van der Waals surface area contributed by atoms with Crippen LogP contribution in [0.15, 0.2) is 36.5 Å². The van der Waals surface area contributed by atoms with Gasteiger partial charge in [-0.1, -0.05) is 32.1 Å². The molecule has 2 aromatic rings. The molecule has 0 amide bonds. The number of ether oxygens (including phenoxy) is 1. The predicted molar refractivity (Wildman–Crippen MR) is 85.5 cm³/mol. The lowest BCUT2D eigenvalue weighted by atomic mass is 9.98. The van der Waals surface area contributed by atoms with Crippen LogP contribution in [0.25, 0.3) is 0 Å². The number of hydrogen-bond donors (Lipinski definition) is 1. The van der Waals surface area contributed by atoms with Crippen LogP contribution in [0.5, 0.6) is 11.6 Å². The molecule has 1 aromatic heterocycles. The van der Waals surface area contributed by atoms with E-state index in [1.165, 1.54) is 11.1 Å². The topological polar surface area (TPSA) is 48.1 Å². The lowest BCUT2D eigenvalue weighted by Gasteiger charge is -2.12. The lowest BCUT2D eigenvalue weighted by molar-refractivity contribution is 0.462. The van der Waals surface area contributed by atoms with Gasteiger partial charge < -0.3 is 10.5 Å². The second-order valence-corrected chi connectivity index (χ2v) is 5.46. The van der Waals surface area contributed by atoms with E-state index in [9.17, 15) is 0 Å². The first-order valence-electron chi connectivity index (χ1n) is 6.51. The van der Waals surface area contributed by atoms with Crippen molar-refractivity contribution >= 4 is 17.2 Å². The van der Waals surface area contributed by atoms with Crippen molar-refractivity contribution < 1.29 is 4.74 Å². The summed E-state index contributed by atoms with van der Waals surface area (Å²) in [5.74, 6) is 1.82. The third-order valence-corrected chi connectivity index (χ3v) is 3.34. The zero-order chi connectivity index (χ0) is 14.7. The summed E-state index contributed by atoms with van der Waals surface area (Å²) in [6.07, 6.45) is 1.62. The normalized spacial score (nSPS) is 10.6. The zero-order valence-corrected chi connectivity index (χ0v) is 12.7. The van der Waals surface area contributed by atoms with Gasteiger partial charge in [-0.05, 0) is 42.2 Å². The van der Waals surface area contributed by atoms with Gasteiger partial charge in [0.05, 0.1) is 0 Å². The Labute approximate surface area is 124 Å². The summed E-state index contributed by atoms with van der Waals surface area (Å²) in [5, 5.41) is 0. The summed E-state index contributed by atoms with van der Waals surface area (Å²) in [6.45, 7) is 6.45. The van der Waals surface area contributed by atoms with E-state index >= 15 is 0 Å². The number of hydrogen-bond acceptors (Lipinski definition) is 3. The second-order valence-electron chi connectivity index (χ2n) is 5.02. The molecule has 0 bridgehead atoms. The van der Waals surface area contributed by atoms with Gasteiger partial charge in [-0.25, -0.2) is 4.98 Å². The van der Waals surface area contributed by atoms with Gasteiger partial charge in [0.25, 0.3) is 0 Å². The van der Waals surface area contributed by atoms with Gasteiger partial charge >= 0.3 is 0 Å². The number of pyridine rings is 1. The number of aromatic nitrogens is 1. The Morgan fingerprint density at radius 3 is 2.50 bits per heavy atom. The highest BCUT2D eigenvalue weighted by Gasteiger charge is 2.06. The lowest BCUT2D eigenvalue weighted by Crippen LogP contribution is -2.09. The van der Waals surface area contributed by atoms with Crippen molar-refractivity contribution in [3.63, 3.8) is 0 Å². The maximum Gasteiger partial charge on any atom is 0.219 e. The molecule has 0 aliphatic heterocycles. The minimum absolute atomic E-state index is 0.334. The number of thiocarbonyl (C=S) groups is 1. The monoisotopic (exact) mass is 286 g/mol. The highest BCUT2D eigenvalue weighted by Crippen LogP contribution is 2.26. The maximum atomic E-state index is 5.73. The molecule has 4 heteroatoms. The Morgan fingerprint density at radius 2 is 2.00 bits per heavy atom. The molecule has 1 heterocycles. The quantitative estimate of drug-likeness (QED) is 0.865. The van der Waals surface area contributed by atoms with Crippen molar-refractivity contribution in [3.05, 3.63) is 53.2 Å². The van der Waals surface area contributed by atoms with Crippen molar-refractivity contribution in [2.75, 3.05) is 0 Å². The number of benzene rings is 1. The van der Waals surface area contributed by atoms with Gasteiger partial charge in [-0.3, -0.25) is 0 Å². The minimum atomic E-state index is 0.334. The fourth-order valence-corrected chi connectivity index (χ4v) is 2.19. The molecular weight excluding hydrogens is 268 g/mol. The van der Waals surface area contributed by atoms with Crippen molar-refractivity contribution in [2.24, 2.45) is 5.73 Å². The van der Waals surface area contributed by atoms with Gasteiger partial charge in [-0.2, -0.15) is 0 Å². The number of nitrogens with two attached hydrogens (primary N) is 1. The van der Waals surface area contributed by atoms with Crippen LogP contribution < -0.4 is 10.5 Å². The van der Waals surface area contributed by atoms with Crippen LogP contribution in [-0.2, 0) is 0 Å². The summed E-state index contributed by atoms with van der Waals surface area (Å²) >= 11 is 4.89. The van der Waals surface area contributed by atoms with E-state index in [1.54, 1.807) is 18.3 Å². The van der Waals surface area contributed by atoms with Crippen LogP contribution in [-0.4, -0.2) is 9.97 Å². The third kappa shape index (κ3) is 3.33. The number of rotatable bonds is 4. The van der Waals surface area contributed by atoms with E-state index in [0.29, 0.717) is 16.8 Å². The van der Waals surface area contributed by atoms with Crippen LogP contribution in [0.1, 0.15) is 36.5 Å². The molecule has 104 valence electrons. The first-order chi connectivity index (χ1) is 9.47. The average Bonchev–Trinajstić information content (AvgIpc) is 2.39. The molecule has 0 aliphatic carbocycles. The van der Waals surface area contributed by atoms with E-state index in [2.05, 4.69) is 31.8 Å². The minimum Gasteiger partial charge on any atom is -0.439 e. The molecule has 0 radical (unpaired) electrons. The highest BCUT2D eigenvalue weighted by atomic mass is 32.1. The number of aryl methyl sites for hydroxylation is 1. The Bertz CT molecular complexity index is 621. The van der Waals surface area contributed by atoms with Crippen LogP contribution in [0.2, 0.25) is 0 Å². The Balaban J connectivity index is 2.17. The smallest absolute Gasteiger partial charge is 0.219 e. The van der Waals surface area contributed by atoms with Crippen molar-refractivity contribution in [3.8, 4) is 11.6 Å². The van der Waals surface area contributed by atoms with Crippen LogP contribution >= 0.6 is 12.2 Å². The first-order valence-corrected chi connectivity index (χ1v) is 6.92. The zero-order valence-electron chi connectivity index (χ0n) is 11.9. The fraction of sp³-hybridized carbons (Fsp3) is 0.250. The van der Waals surface area contributed by atoms with Gasteiger partial charge in [0.2, 0.25) is 5.88 Å². The summed E-state index contributed by atoms with van der Waals surface area (Å²) < 4.78 is 5.73. The van der Waals surface area contributed by atoms with E-state index in [1.807, 2.05) is 12.1 Å². The van der Waals surface area contributed by atoms with Crippen LogP contribution in [0, 0.1) is 6.92 Å². The molecule has 2 rings (SSSR count). The standard InChI is InChI=1S/C16H18N2OS/c1-10(2)14-6-5-13(8-11(14)3)19-15-7-4-12(9-18-15)16(17)20/h4-10H,1-3H3,(H2,17,20). The van der Waals surface area contributed by atoms with E-state index in [4.69, 9.17) is 22.7 Å². The van der Waals surface area contributed by atoms with Crippen molar-refractivity contribution in [1.82, 2.24) is 4.98 Å². The molecule has 0 aliphatic rings. The fourth-order valence-electron chi connectivity index (χ4n) is 2.07. The molecule has 1 aromatic carbocycles. The van der Waals surface area contributed by atoms with Crippen LogP contribution in [0.4, 0.5) is 0 Å². The van der Waals surface area contributed by atoms with Crippen LogP contribution in [0.3, 0.4) is 0 Å². The largest absolute Gasteiger partial charge is 0.439 e. The second kappa shape index (κ2) is 6.01. The molecule has 0 unspecified atom stereocenters. The summed E-state index contributed by atoms with van der Waals surface area (Å²) in [4.78, 5) is 4.53. The van der Waals surface area contributed by atoms with E-state index in [-0.39, 0.29) is 0 Å². The maximum absolute atomic E-state index is 5.73. The van der Waals surface area contributed by atoms with Crippen molar-refractivity contribution in [2.45, 2.75) is 26.7 Å². The van der Waals surface area contributed by atoms with Gasteiger partial charge in [0, 0.05) is 17.8 Å². The Morgan fingerprint density at radius 1 is 1.25 bits per heavy atom. The molecule has 20 heavy (non-hydrogen) atoms. The molecule has 0 saturated heterocycles. The summed E-state index contributed by atoms with van der Waals surface area (Å²) in [7, 11) is 0. The Kier molecular flexibility index (Phi) is 4.35. The average molecular weight is 286 g/mol. The van der Waals surface area contributed by atoms with Gasteiger partial charge in [-0.15, -0.1) is 0 Å². The van der Waals surface area contributed by atoms with E-state index < -0.39 is 0 Å². The molecule has 0 atom stereocenters. The van der Waals surface area contributed by atoms with E-state index in [0.717, 1.165) is 11.3 Å². The van der Waals surface area contributed by atoms with Gasteiger partial charge in [0.15, 0.2) is 0 Å². The third-order valence-electron chi connectivity index (χ3n) is 3.11. The summed E-state index contributed by atoms with van der Waals surface area (Å²) in [5.41, 5.74) is 8.81. The molecular formula is C16H18N2OS. The Hall–Kier alpha value is -1.94. The highest BCUT2D eigenvalue weighted by molar-refractivity contribution is 7.80. The molecule has 3 nitrogen and oxygen atoms in total. The van der Waals surface area contributed by atoms with Crippen molar-refractivity contribution in [1.29, 1.82) is 0 Å². The molecule has 0 fully saturated rings. The molecule has 2 N–H and O–H groups in total. The predicted octanol–water partition coefficient (Wildman–Crippen LogP) is 3.94. The first kappa shape index (κ1) is 14.5. The molecule has 0 spiro atoms. The van der Waals surface area contributed by atoms with Gasteiger partial charge in [0.1, 0.15) is 10.7 Å². The number of nitrogens with zero attached hydrogens (tertiary/aromatic N) is 1. The summed E-state index contributed by atoms with van der Waals surface area (Å²) in [6, 6.07) is 9.66.